The molecule has 1 heterocycles. The highest BCUT2D eigenvalue weighted by Gasteiger charge is 2.54. The summed E-state index contributed by atoms with van der Waals surface area (Å²) in [6.45, 7) is 6.65. The van der Waals surface area contributed by atoms with Crippen molar-refractivity contribution in [2.75, 3.05) is 6.54 Å². The number of hydrogen-bond acceptors (Lipinski definition) is 2. The predicted molar refractivity (Wildman–Crippen MR) is 65.4 cm³/mol. The van der Waals surface area contributed by atoms with E-state index >= 15 is 0 Å². The maximum Gasteiger partial charge on any atom is 0.325 e. The third kappa shape index (κ3) is 1.94. The molecule has 0 bridgehead atoms. The van der Waals surface area contributed by atoms with Crippen molar-refractivity contribution in [2.24, 2.45) is 11.8 Å². The van der Waals surface area contributed by atoms with Gasteiger partial charge in [-0.3, -0.25) is 9.69 Å². The third-order valence-corrected chi connectivity index (χ3v) is 4.05. The van der Waals surface area contributed by atoms with Crippen molar-refractivity contribution in [3.63, 3.8) is 0 Å². The number of carbonyl (C=O) groups is 2. The fraction of sp³-hybridized carbons (Fsp3) is 0.846. The minimum absolute atomic E-state index is 0.00315. The summed E-state index contributed by atoms with van der Waals surface area (Å²) in [5.41, 5.74) is -0.593. The van der Waals surface area contributed by atoms with Gasteiger partial charge in [-0.2, -0.15) is 0 Å². The maximum absolute atomic E-state index is 12.5. The molecule has 3 amide bonds. The van der Waals surface area contributed by atoms with Crippen LogP contribution in [-0.4, -0.2) is 28.9 Å². The van der Waals surface area contributed by atoms with Crippen LogP contribution in [0.25, 0.3) is 0 Å². The fourth-order valence-electron chi connectivity index (χ4n) is 3.03. The van der Waals surface area contributed by atoms with Gasteiger partial charge < -0.3 is 5.32 Å². The van der Waals surface area contributed by atoms with E-state index in [9.17, 15) is 9.59 Å². The Morgan fingerprint density at radius 1 is 1.41 bits per heavy atom. The molecule has 4 heteroatoms. The lowest BCUT2D eigenvalue weighted by molar-refractivity contribution is -0.134. The van der Waals surface area contributed by atoms with Gasteiger partial charge in [-0.05, 0) is 24.7 Å². The van der Waals surface area contributed by atoms with Crippen LogP contribution in [0.2, 0.25) is 0 Å². The minimum atomic E-state index is -0.593. The minimum Gasteiger partial charge on any atom is -0.323 e. The molecule has 0 aromatic rings. The van der Waals surface area contributed by atoms with Crippen molar-refractivity contribution in [2.45, 2.75) is 52.0 Å². The molecule has 1 N–H and O–H groups in total. The number of hydrogen-bond donors (Lipinski definition) is 1. The fourth-order valence-corrected chi connectivity index (χ4v) is 3.03. The van der Waals surface area contributed by atoms with Crippen LogP contribution in [0.3, 0.4) is 0 Å². The van der Waals surface area contributed by atoms with Crippen LogP contribution in [0.4, 0.5) is 4.79 Å². The molecule has 1 saturated carbocycles. The van der Waals surface area contributed by atoms with E-state index in [1.54, 1.807) is 0 Å². The Labute approximate surface area is 103 Å². The Hall–Kier alpha value is -1.06. The van der Waals surface area contributed by atoms with Crippen molar-refractivity contribution < 1.29 is 9.59 Å². The number of nitrogens with one attached hydrogen (secondary N) is 1. The molecular formula is C13H22N2O2. The first-order valence-electron chi connectivity index (χ1n) is 6.61. The number of urea groups is 1. The van der Waals surface area contributed by atoms with Crippen molar-refractivity contribution in [3.8, 4) is 0 Å². The van der Waals surface area contributed by atoms with Crippen LogP contribution >= 0.6 is 0 Å². The van der Waals surface area contributed by atoms with E-state index in [1.807, 2.05) is 13.8 Å². The zero-order valence-corrected chi connectivity index (χ0v) is 11.0. The first-order valence-corrected chi connectivity index (χ1v) is 6.61. The van der Waals surface area contributed by atoms with E-state index < -0.39 is 5.54 Å². The van der Waals surface area contributed by atoms with Gasteiger partial charge in [0.15, 0.2) is 0 Å². The Balaban J connectivity index is 2.21. The Bertz CT molecular complexity index is 340. The second kappa shape index (κ2) is 4.31. The summed E-state index contributed by atoms with van der Waals surface area (Å²) in [6, 6.07) is -0.197. The van der Waals surface area contributed by atoms with E-state index in [4.69, 9.17) is 0 Å². The highest BCUT2D eigenvalue weighted by Crippen LogP contribution is 2.38. The van der Waals surface area contributed by atoms with E-state index in [0.29, 0.717) is 12.5 Å². The van der Waals surface area contributed by atoms with Gasteiger partial charge in [0.1, 0.15) is 5.54 Å². The van der Waals surface area contributed by atoms with Crippen LogP contribution in [0.15, 0.2) is 0 Å². The molecule has 0 radical (unpaired) electrons. The average molecular weight is 238 g/mol. The molecule has 96 valence electrons. The summed E-state index contributed by atoms with van der Waals surface area (Å²) >= 11 is 0. The van der Waals surface area contributed by atoms with Gasteiger partial charge >= 0.3 is 6.03 Å². The number of amides is 3. The highest BCUT2D eigenvalue weighted by molar-refractivity contribution is 6.07. The topological polar surface area (TPSA) is 49.4 Å². The monoisotopic (exact) mass is 238 g/mol. The summed E-state index contributed by atoms with van der Waals surface area (Å²) in [5, 5.41) is 2.96. The number of carbonyl (C=O) groups excluding carboxylic acids is 2. The largest absolute Gasteiger partial charge is 0.325 e. The summed E-state index contributed by atoms with van der Waals surface area (Å²) in [6.07, 6.45) is 4.02. The van der Waals surface area contributed by atoms with E-state index in [1.165, 1.54) is 4.90 Å². The molecule has 1 aliphatic heterocycles. The zero-order chi connectivity index (χ0) is 12.6. The molecule has 2 atom stereocenters. The van der Waals surface area contributed by atoms with Crippen LogP contribution in [0.1, 0.15) is 46.5 Å². The summed E-state index contributed by atoms with van der Waals surface area (Å²) < 4.78 is 0. The standard InChI is InChI=1S/C13H22N2O2/c1-9(2)8-15-11(16)13(14-12(15)17)7-5-4-6-10(13)3/h9-10H,4-8H2,1-3H3,(H,14,17)/t10-,13+/m1/s1. The second-order valence-electron chi connectivity index (χ2n) is 5.86. The maximum atomic E-state index is 12.5. The zero-order valence-electron chi connectivity index (χ0n) is 11.0. The van der Waals surface area contributed by atoms with Crippen molar-refractivity contribution in [1.82, 2.24) is 10.2 Å². The first-order chi connectivity index (χ1) is 7.97. The van der Waals surface area contributed by atoms with E-state index in [-0.39, 0.29) is 17.9 Å². The molecule has 2 fully saturated rings. The Morgan fingerprint density at radius 3 is 2.71 bits per heavy atom. The van der Waals surface area contributed by atoms with Crippen molar-refractivity contribution in [3.05, 3.63) is 0 Å². The molecule has 1 spiro atoms. The SMILES string of the molecule is CC(C)CN1C(=O)N[C@]2(CCCC[C@H]2C)C1=O. The normalized spacial score (nSPS) is 33.6. The quantitative estimate of drug-likeness (QED) is 0.749. The molecule has 0 aromatic carbocycles. The number of imide groups is 1. The molecule has 0 unspecified atom stereocenters. The van der Waals surface area contributed by atoms with Gasteiger partial charge in [0.2, 0.25) is 0 Å². The molecule has 2 aliphatic rings. The number of rotatable bonds is 2. The first kappa shape index (κ1) is 12.4. The summed E-state index contributed by atoms with van der Waals surface area (Å²) in [7, 11) is 0. The summed E-state index contributed by atoms with van der Waals surface area (Å²) in [5.74, 6) is 0.576. The van der Waals surface area contributed by atoms with Gasteiger partial charge in [0, 0.05) is 6.54 Å². The van der Waals surface area contributed by atoms with Gasteiger partial charge in [-0.25, -0.2) is 4.79 Å². The number of nitrogens with zero attached hydrogens (tertiary/aromatic N) is 1. The second-order valence-corrected chi connectivity index (χ2v) is 5.86. The van der Waals surface area contributed by atoms with Crippen LogP contribution < -0.4 is 5.32 Å². The molecular weight excluding hydrogens is 216 g/mol. The highest BCUT2D eigenvalue weighted by atomic mass is 16.2. The Morgan fingerprint density at radius 2 is 2.12 bits per heavy atom. The van der Waals surface area contributed by atoms with E-state index in [0.717, 1.165) is 25.7 Å². The molecule has 1 saturated heterocycles. The third-order valence-electron chi connectivity index (χ3n) is 4.05. The van der Waals surface area contributed by atoms with Gasteiger partial charge in [-0.15, -0.1) is 0 Å². The van der Waals surface area contributed by atoms with Crippen molar-refractivity contribution >= 4 is 11.9 Å². The molecule has 0 aromatic heterocycles. The average Bonchev–Trinajstić information content (AvgIpc) is 2.48. The Kier molecular flexibility index (Phi) is 3.15. The molecule has 17 heavy (non-hydrogen) atoms. The lowest BCUT2D eigenvalue weighted by atomic mass is 9.73. The molecule has 2 rings (SSSR count). The smallest absolute Gasteiger partial charge is 0.323 e. The molecule has 4 nitrogen and oxygen atoms in total. The van der Waals surface area contributed by atoms with Gasteiger partial charge in [0.05, 0.1) is 0 Å². The van der Waals surface area contributed by atoms with Crippen LogP contribution in [0.5, 0.6) is 0 Å². The van der Waals surface area contributed by atoms with Gasteiger partial charge in [0.25, 0.3) is 5.91 Å². The van der Waals surface area contributed by atoms with Gasteiger partial charge in [-0.1, -0.05) is 33.6 Å². The summed E-state index contributed by atoms with van der Waals surface area (Å²) in [4.78, 5) is 25.8. The predicted octanol–water partition coefficient (Wildman–Crippen LogP) is 2.14. The lowest BCUT2D eigenvalue weighted by Gasteiger charge is -2.36. The van der Waals surface area contributed by atoms with Crippen LogP contribution in [0, 0.1) is 11.8 Å². The van der Waals surface area contributed by atoms with Crippen molar-refractivity contribution in [1.29, 1.82) is 0 Å². The lowest BCUT2D eigenvalue weighted by Crippen LogP contribution is -2.54. The van der Waals surface area contributed by atoms with Crippen LogP contribution in [-0.2, 0) is 4.79 Å². The molecule has 1 aliphatic carbocycles. The van der Waals surface area contributed by atoms with E-state index in [2.05, 4.69) is 12.2 Å².